The Morgan fingerprint density at radius 3 is 2.60 bits per heavy atom. The minimum Gasteiger partial charge on any atom is -0.480 e. The van der Waals surface area contributed by atoms with Crippen molar-refractivity contribution >= 4 is 23.8 Å². The van der Waals surface area contributed by atoms with Gasteiger partial charge in [0.05, 0.1) is 5.37 Å². The molecule has 0 radical (unpaired) electrons. The highest BCUT2D eigenvalue weighted by Crippen LogP contribution is 2.33. The standard InChI is InChI=1S/C14H24N2O3S/c1-10-16(11(9-20-10)12(17)18)13(19)15-7-4-5-14(2,3)6-8-15/h10-11H,4-9H2,1-3H3,(H,17,18). The molecule has 114 valence electrons. The van der Waals surface area contributed by atoms with Gasteiger partial charge in [-0.2, -0.15) is 0 Å². The molecule has 2 rings (SSSR count). The third kappa shape index (κ3) is 3.22. The molecule has 2 atom stereocenters. The van der Waals surface area contributed by atoms with Crippen LogP contribution in [-0.2, 0) is 4.79 Å². The lowest BCUT2D eigenvalue weighted by Crippen LogP contribution is -2.51. The minimum absolute atomic E-state index is 0.0557. The first kappa shape index (κ1) is 15.5. The average molecular weight is 300 g/mol. The highest BCUT2D eigenvalue weighted by molar-refractivity contribution is 8.00. The summed E-state index contributed by atoms with van der Waals surface area (Å²) in [7, 11) is 0. The van der Waals surface area contributed by atoms with Gasteiger partial charge in [0, 0.05) is 18.8 Å². The van der Waals surface area contributed by atoms with E-state index in [0.717, 1.165) is 32.4 Å². The van der Waals surface area contributed by atoms with Crippen LogP contribution in [0.5, 0.6) is 0 Å². The predicted molar refractivity (Wildman–Crippen MR) is 79.8 cm³/mol. The molecule has 0 spiro atoms. The van der Waals surface area contributed by atoms with E-state index >= 15 is 0 Å². The highest BCUT2D eigenvalue weighted by atomic mass is 32.2. The Bertz CT molecular complexity index is 400. The van der Waals surface area contributed by atoms with Gasteiger partial charge in [0.15, 0.2) is 0 Å². The summed E-state index contributed by atoms with van der Waals surface area (Å²) < 4.78 is 0. The summed E-state index contributed by atoms with van der Waals surface area (Å²) in [4.78, 5) is 27.3. The van der Waals surface area contributed by atoms with Gasteiger partial charge in [-0.25, -0.2) is 9.59 Å². The summed E-state index contributed by atoms with van der Waals surface area (Å²) in [5, 5.41) is 9.21. The number of amides is 2. The van der Waals surface area contributed by atoms with E-state index in [4.69, 9.17) is 0 Å². The molecular weight excluding hydrogens is 276 g/mol. The summed E-state index contributed by atoms with van der Waals surface area (Å²) in [5.74, 6) is -0.410. The quantitative estimate of drug-likeness (QED) is 0.808. The van der Waals surface area contributed by atoms with Gasteiger partial charge >= 0.3 is 12.0 Å². The van der Waals surface area contributed by atoms with Crippen molar-refractivity contribution in [3.05, 3.63) is 0 Å². The van der Waals surface area contributed by atoms with Crippen LogP contribution in [0, 0.1) is 5.41 Å². The molecule has 0 saturated carbocycles. The number of hydrogen-bond acceptors (Lipinski definition) is 3. The molecule has 6 heteroatoms. The molecule has 0 bridgehead atoms. The maximum absolute atomic E-state index is 12.7. The second kappa shape index (κ2) is 5.84. The van der Waals surface area contributed by atoms with Crippen molar-refractivity contribution in [2.24, 2.45) is 5.41 Å². The summed E-state index contributed by atoms with van der Waals surface area (Å²) in [6.45, 7) is 7.84. The van der Waals surface area contributed by atoms with Gasteiger partial charge in [0.2, 0.25) is 0 Å². The number of carbonyl (C=O) groups is 2. The van der Waals surface area contributed by atoms with Crippen LogP contribution in [-0.4, -0.2) is 57.2 Å². The molecule has 2 fully saturated rings. The van der Waals surface area contributed by atoms with Gasteiger partial charge in [-0.3, -0.25) is 4.90 Å². The summed E-state index contributed by atoms with van der Waals surface area (Å²) in [5.41, 5.74) is 0.270. The number of aliphatic carboxylic acids is 1. The van der Waals surface area contributed by atoms with Crippen LogP contribution in [0.1, 0.15) is 40.0 Å². The zero-order chi connectivity index (χ0) is 14.9. The van der Waals surface area contributed by atoms with Gasteiger partial charge in [-0.05, 0) is 31.6 Å². The monoisotopic (exact) mass is 300 g/mol. The van der Waals surface area contributed by atoms with Crippen LogP contribution in [0.25, 0.3) is 0 Å². The molecule has 2 heterocycles. The van der Waals surface area contributed by atoms with Crippen molar-refractivity contribution in [1.29, 1.82) is 0 Å². The Hall–Kier alpha value is -0.910. The third-order valence-corrected chi connectivity index (χ3v) is 5.56. The van der Waals surface area contributed by atoms with Crippen LogP contribution in [0.2, 0.25) is 0 Å². The number of carboxylic acids is 1. The first-order valence-corrected chi connectivity index (χ1v) is 8.28. The van der Waals surface area contributed by atoms with Crippen molar-refractivity contribution in [3.8, 4) is 0 Å². The number of urea groups is 1. The van der Waals surface area contributed by atoms with Crippen LogP contribution in [0.15, 0.2) is 0 Å². The van der Waals surface area contributed by atoms with Crippen molar-refractivity contribution in [2.45, 2.75) is 51.4 Å². The zero-order valence-electron chi connectivity index (χ0n) is 12.5. The lowest BCUT2D eigenvalue weighted by atomic mass is 9.85. The van der Waals surface area contributed by atoms with Crippen LogP contribution >= 0.6 is 11.8 Å². The van der Waals surface area contributed by atoms with E-state index in [1.165, 1.54) is 11.8 Å². The SMILES string of the molecule is CC1SCC(C(=O)O)N1C(=O)N1CCCC(C)(C)CC1. The molecule has 0 aliphatic carbocycles. The van der Waals surface area contributed by atoms with Gasteiger partial charge in [0.25, 0.3) is 0 Å². The Kier molecular flexibility index (Phi) is 4.52. The summed E-state index contributed by atoms with van der Waals surface area (Å²) >= 11 is 1.54. The number of hydrogen-bond donors (Lipinski definition) is 1. The molecule has 0 aromatic rings. The number of nitrogens with zero attached hydrogens (tertiary/aromatic N) is 2. The van der Waals surface area contributed by atoms with E-state index in [9.17, 15) is 14.7 Å². The number of thioether (sulfide) groups is 1. The second-order valence-corrected chi connectivity index (χ2v) is 7.83. The van der Waals surface area contributed by atoms with E-state index < -0.39 is 12.0 Å². The molecule has 2 amide bonds. The summed E-state index contributed by atoms with van der Waals surface area (Å²) in [6.07, 6.45) is 3.08. The normalized spacial score (nSPS) is 30.1. The van der Waals surface area contributed by atoms with E-state index in [1.807, 2.05) is 11.8 Å². The molecule has 20 heavy (non-hydrogen) atoms. The molecule has 5 nitrogen and oxygen atoms in total. The largest absolute Gasteiger partial charge is 0.480 e. The molecule has 2 saturated heterocycles. The predicted octanol–water partition coefficient (Wildman–Crippen LogP) is 2.47. The van der Waals surface area contributed by atoms with Crippen molar-refractivity contribution in [2.75, 3.05) is 18.8 Å². The Balaban J connectivity index is 2.08. The first-order chi connectivity index (χ1) is 9.32. The van der Waals surface area contributed by atoms with Gasteiger partial charge in [-0.15, -0.1) is 11.8 Å². The maximum Gasteiger partial charge on any atom is 0.327 e. The third-order valence-electron chi connectivity index (χ3n) is 4.34. The van der Waals surface area contributed by atoms with Crippen molar-refractivity contribution in [3.63, 3.8) is 0 Å². The highest BCUT2D eigenvalue weighted by Gasteiger charge is 2.41. The topological polar surface area (TPSA) is 60.9 Å². The molecule has 0 aromatic carbocycles. The fourth-order valence-electron chi connectivity index (χ4n) is 2.90. The van der Waals surface area contributed by atoms with Gasteiger partial charge < -0.3 is 10.0 Å². The number of likely N-dealkylation sites (tertiary alicyclic amines) is 1. The second-order valence-electron chi connectivity index (χ2n) is 6.48. The fraction of sp³-hybridized carbons (Fsp3) is 0.857. The van der Waals surface area contributed by atoms with E-state index in [1.54, 1.807) is 4.90 Å². The summed E-state index contributed by atoms with van der Waals surface area (Å²) in [6, 6.07) is -0.786. The number of rotatable bonds is 1. The number of carboxylic acid groups (broad SMARTS) is 1. The van der Waals surface area contributed by atoms with Crippen molar-refractivity contribution in [1.82, 2.24) is 9.80 Å². The smallest absolute Gasteiger partial charge is 0.327 e. The first-order valence-electron chi connectivity index (χ1n) is 7.23. The maximum atomic E-state index is 12.7. The van der Waals surface area contributed by atoms with E-state index in [0.29, 0.717) is 5.75 Å². The zero-order valence-corrected chi connectivity index (χ0v) is 13.3. The lowest BCUT2D eigenvalue weighted by molar-refractivity contribution is -0.141. The Morgan fingerprint density at radius 1 is 1.25 bits per heavy atom. The van der Waals surface area contributed by atoms with Gasteiger partial charge in [0.1, 0.15) is 6.04 Å². The lowest BCUT2D eigenvalue weighted by Gasteiger charge is -2.32. The Morgan fingerprint density at radius 2 is 1.95 bits per heavy atom. The average Bonchev–Trinajstić information content (AvgIpc) is 2.64. The molecule has 1 N–H and O–H groups in total. The van der Waals surface area contributed by atoms with E-state index in [2.05, 4.69) is 13.8 Å². The van der Waals surface area contributed by atoms with Crippen molar-refractivity contribution < 1.29 is 14.7 Å². The molecule has 2 aliphatic heterocycles. The van der Waals surface area contributed by atoms with Crippen LogP contribution in [0.3, 0.4) is 0 Å². The fourth-order valence-corrected chi connectivity index (χ4v) is 4.06. The molecule has 0 aromatic heterocycles. The minimum atomic E-state index is -0.898. The van der Waals surface area contributed by atoms with Crippen LogP contribution < -0.4 is 0 Å². The van der Waals surface area contributed by atoms with Gasteiger partial charge in [-0.1, -0.05) is 13.8 Å². The molecule has 2 unspecified atom stereocenters. The molecular formula is C14H24N2O3S. The Labute approximate surface area is 124 Å². The van der Waals surface area contributed by atoms with Crippen LogP contribution in [0.4, 0.5) is 4.79 Å². The van der Waals surface area contributed by atoms with E-state index in [-0.39, 0.29) is 16.8 Å². The molecule has 2 aliphatic rings. The number of carbonyl (C=O) groups excluding carboxylic acids is 1.